The molecule has 0 spiro atoms. The minimum Gasteiger partial charge on any atom is -0.335 e. The molecule has 0 aliphatic heterocycles. The smallest absolute Gasteiger partial charge is 0.236 e. The third-order valence-corrected chi connectivity index (χ3v) is 7.20. The largest absolute Gasteiger partial charge is 0.335 e. The zero-order chi connectivity index (χ0) is 20.2. The van der Waals surface area contributed by atoms with Gasteiger partial charge in [0.1, 0.15) is 5.01 Å². The Labute approximate surface area is 178 Å². The zero-order valence-electron chi connectivity index (χ0n) is 16.4. The van der Waals surface area contributed by atoms with E-state index in [-0.39, 0.29) is 24.5 Å². The van der Waals surface area contributed by atoms with Crippen molar-refractivity contribution < 1.29 is 4.79 Å². The summed E-state index contributed by atoms with van der Waals surface area (Å²) in [6.07, 6.45) is 0. The number of fused-ring (bicyclic) bond motifs is 1. The molecule has 6 heteroatoms. The number of hydrogen-bond donors (Lipinski definition) is 1. The average molecular weight is 422 g/mol. The molecule has 2 atom stereocenters. The molecule has 1 N–H and O–H groups in total. The third kappa shape index (κ3) is 4.40. The van der Waals surface area contributed by atoms with Gasteiger partial charge in [-0.1, -0.05) is 48.5 Å². The van der Waals surface area contributed by atoms with E-state index in [0.29, 0.717) is 0 Å². The van der Waals surface area contributed by atoms with E-state index in [0.717, 1.165) is 20.8 Å². The van der Waals surface area contributed by atoms with Crippen molar-refractivity contribution in [3.05, 3.63) is 87.6 Å². The molecule has 2 heterocycles. The standard InChI is InChI=1S/C23H23N3OS2/c1-16(23-25-18-11-6-7-12-19(18)29-23)26(2)21(27)15-24-22(20-13-8-14-28-20)17-9-4-3-5-10-17/h3-14,16,22,24H,15H2,1-2H3/t16-,22+/m1/s1. The highest BCUT2D eigenvalue weighted by molar-refractivity contribution is 7.18. The van der Waals surface area contributed by atoms with Crippen LogP contribution in [0.5, 0.6) is 0 Å². The van der Waals surface area contributed by atoms with E-state index in [2.05, 4.69) is 35.0 Å². The van der Waals surface area contributed by atoms with Crippen LogP contribution in [0.15, 0.2) is 72.1 Å². The molecular formula is C23H23N3OS2. The van der Waals surface area contributed by atoms with Gasteiger partial charge >= 0.3 is 0 Å². The zero-order valence-corrected chi connectivity index (χ0v) is 18.0. The number of thiophene rings is 1. The topological polar surface area (TPSA) is 45.2 Å². The van der Waals surface area contributed by atoms with Crippen LogP contribution in [-0.4, -0.2) is 29.4 Å². The maximum atomic E-state index is 12.9. The summed E-state index contributed by atoms with van der Waals surface area (Å²) in [5.41, 5.74) is 2.14. The highest BCUT2D eigenvalue weighted by Gasteiger charge is 2.22. The molecular weight excluding hydrogens is 398 g/mol. The van der Waals surface area contributed by atoms with Crippen molar-refractivity contribution in [3.63, 3.8) is 0 Å². The number of likely N-dealkylation sites (N-methyl/N-ethyl adjacent to an activating group) is 1. The van der Waals surface area contributed by atoms with Gasteiger partial charge in [0.25, 0.3) is 0 Å². The number of carbonyl (C=O) groups excluding carboxylic acids is 1. The monoisotopic (exact) mass is 421 g/mol. The number of thiazole rings is 1. The molecule has 4 aromatic rings. The van der Waals surface area contributed by atoms with E-state index < -0.39 is 0 Å². The molecule has 2 aromatic carbocycles. The summed E-state index contributed by atoms with van der Waals surface area (Å²) in [6.45, 7) is 2.30. The summed E-state index contributed by atoms with van der Waals surface area (Å²) < 4.78 is 1.15. The summed E-state index contributed by atoms with van der Waals surface area (Å²) in [7, 11) is 1.85. The second-order valence-corrected chi connectivity index (χ2v) is 8.98. The number of carbonyl (C=O) groups is 1. The Morgan fingerprint density at radius 3 is 2.55 bits per heavy atom. The average Bonchev–Trinajstić information content (AvgIpc) is 3.43. The van der Waals surface area contributed by atoms with Crippen molar-refractivity contribution >= 4 is 38.8 Å². The molecule has 148 valence electrons. The molecule has 0 saturated carbocycles. The van der Waals surface area contributed by atoms with Crippen molar-refractivity contribution in [3.8, 4) is 0 Å². The number of nitrogens with zero attached hydrogens (tertiary/aromatic N) is 2. The number of hydrogen-bond acceptors (Lipinski definition) is 5. The van der Waals surface area contributed by atoms with Gasteiger partial charge in [-0.2, -0.15) is 0 Å². The molecule has 4 rings (SSSR count). The van der Waals surface area contributed by atoms with E-state index in [4.69, 9.17) is 4.98 Å². The first kappa shape index (κ1) is 19.8. The second kappa shape index (κ2) is 8.86. The molecule has 2 aromatic heterocycles. The fraction of sp³-hybridized carbons (Fsp3) is 0.217. The molecule has 0 aliphatic carbocycles. The highest BCUT2D eigenvalue weighted by Crippen LogP contribution is 2.29. The number of benzene rings is 2. The summed E-state index contributed by atoms with van der Waals surface area (Å²) >= 11 is 3.34. The first-order valence-electron chi connectivity index (χ1n) is 9.56. The van der Waals surface area contributed by atoms with Crippen molar-refractivity contribution in [2.75, 3.05) is 13.6 Å². The third-order valence-electron chi connectivity index (χ3n) is 5.06. The molecule has 29 heavy (non-hydrogen) atoms. The maximum absolute atomic E-state index is 12.9. The van der Waals surface area contributed by atoms with E-state index in [1.54, 1.807) is 27.6 Å². The maximum Gasteiger partial charge on any atom is 0.236 e. The number of para-hydroxylation sites is 1. The Kier molecular flexibility index (Phi) is 6.04. The molecule has 0 fully saturated rings. The normalized spacial score (nSPS) is 13.3. The Morgan fingerprint density at radius 2 is 1.83 bits per heavy atom. The van der Waals surface area contributed by atoms with Crippen molar-refractivity contribution in [1.82, 2.24) is 15.2 Å². The summed E-state index contributed by atoms with van der Waals surface area (Å²) in [5, 5.41) is 6.48. The van der Waals surface area contributed by atoms with Crippen LogP contribution in [0.4, 0.5) is 0 Å². The number of rotatable bonds is 7. The van der Waals surface area contributed by atoms with Gasteiger partial charge in [-0.25, -0.2) is 4.98 Å². The van der Waals surface area contributed by atoms with Gasteiger partial charge in [0.15, 0.2) is 0 Å². The van der Waals surface area contributed by atoms with E-state index in [9.17, 15) is 4.79 Å². The van der Waals surface area contributed by atoms with Gasteiger partial charge in [-0.05, 0) is 36.1 Å². The molecule has 0 bridgehead atoms. The van der Waals surface area contributed by atoms with Crippen LogP contribution in [0.3, 0.4) is 0 Å². The second-order valence-electron chi connectivity index (χ2n) is 6.94. The lowest BCUT2D eigenvalue weighted by Gasteiger charge is -2.25. The van der Waals surface area contributed by atoms with Crippen molar-refractivity contribution in [2.45, 2.75) is 19.0 Å². The van der Waals surface area contributed by atoms with Gasteiger partial charge in [0.2, 0.25) is 5.91 Å². The molecule has 0 radical (unpaired) electrons. The predicted octanol–water partition coefficient (Wildman–Crippen LogP) is 5.26. The Morgan fingerprint density at radius 1 is 1.07 bits per heavy atom. The first-order chi connectivity index (χ1) is 14.1. The van der Waals surface area contributed by atoms with Gasteiger partial charge in [0, 0.05) is 11.9 Å². The minimum absolute atomic E-state index is 0.00584. The molecule has 1 amide bonds. The summed E-state index contributed by atoms with van der Waals surface area (Å²) in [4.78, 5) is 20.6. The molecule has 0 aliphatic rings. The van der Waals surface area contributed by atoms with Crippen LogP contribution in [0.25, 0.3) is 10.2 Å². The number of amides is 1. The van der Waals surface area contributed by atoms with E-state index in [1.807, 2.05) is 56.4 Å². The molecule has 4 nitrogen and oxygen atoms in total. The Balaban J connectivity index is 1.46. The predicted molar refractivity (Wildman–Crippen MR) is 121 cm³/mol. The fourth-order valence-corrected chi connectivity index (χ4v) is 5.14. The first-order valence-corrected chi connectivity index (χ1v) is 11.3. The van der Waals surface area contributed by atoms with Crippen LogP contribution in [-0.2, 0) is 4.79 Å². The van der Waals surface area contributed by atoms with Crippen molar-refractivity contribution in [1.29, 1.82) is 0 Å². The lowest BCUT2D eigenvalue weighted by molar-refractivity contribution is -0.130. The summed E-state index contributed by atoms with van der Waals surface area (Å²) in [5.74, 6) is 0.0502. The number of nitrogens with one attached hydrogen (secondary N) is 1. The van der Waals surface area contributed by atoms with Crippen LogP contribution in [0.2, 0.25) is 0 Å². The van der Waals surface area contributed by atoms with Crippen LogP contribution in [0.1, 0.15) is 34.5 Å². The number of aromatic nitrogens is 1. The lowest BCUT2D eigenvalue weighted by atomic mass is 10.1. The molecule has 0 saturated heterocycles. The quantitative estimate of drug-likeness (QED) is 0.443. The van der Waals surface area contributed by atoms with Gasteiger partial charge in [0.05, 0.1) is 28.8 Å². The van der Waals surface area contributed by atoms with Crippen LogP contribution < -0.4 is 5.32 Å². The van der Waals surface area contributed by atoms with Crippen LogP contribution >= 0.6 is 22.7 Å². The van der Waals surface area contributed by atoms with Gasteiger partial charge in [-0.15, -0.1) is 22.7 Å². The van der Waals surface area contributed by atoms with Crippen molar-refractivity contribution in [2.24, 2.45) is 0 Å². The highest BCUT2D eigenvalue weighted by atomic mass is 32.1. The van der Waals surface area contributed by atoms with E-state index in [1.165, 1.54) is 4.88 Å². The fourth-order valence-electron chi connectivity index (χ4n) is 3.25. The van der Waals surface area contributed by atoms with Gasteiger partial charge < -0.3 is 4.90 Å². The van der Waals surface area contributed by atoms with Crippen LogP contribution in [0, 0.1) is 0 Å². The Bertz CT molecular complexity index is 1040. The summed E-state index contributed by atoms with van der Waals surface area (Å²) in [6, 6.07) is 22.4. The minimum atomic E-state index is -0.0707. The van der Waals surface area contributed by atoms with E-state index >= 15 is 0 Å². The lowest BCUT2D eigenvalue weighted by Crippen LogP contribution is -2.38. The SMILES string of the molecule is C[C@H](c1nc2ccccc2s1)N(C)C(=O)CN[C@@H](c1ccccc1)c1cccs1. The van der Waals surface area contributed by atoms with Gasteiger partial charge in [-0.3, -0.25) is 10.1 Å². The Hall–Kier alpha value is -2.54. The molecule has 0 unspecified atom stereocenters.